The van der Waals surface area contributed by atoms with Crippen molar-refractivity contribution in [2.24, 2.45) is 0 Å². The quantitative estimate of drug-likeness (QED) is 0.452. The Kier molecular flexibility index (Phi) is 14.6. The summed E-state index contributed by atoms with van der Waals surface area (Å²) in [6, 6.07) is 0. The van der Waals surface area contributed by atoms with Gasteiger partial charge in [0.1, 0.15) is 0 Å². The molecule has 0 fully saturated rings. The van der Waals surface area contributed by atoms with Gasteiger partial charge in [0.25, 0.3) is 0 Å². The van der Waals surface area contributed by atoms with E-state index in [4.69, 9.17) is 0 Å². The van der Waals surface area contributed by atoms with Crippen LogP contribution in [0, 0.1) is 0 Å². The second-order valence-corrected chi connectivity index (χ2v) is 2.37. The molecule has 3 radical (unpaired) electrons. The maximum Gasteiger partial charge on any atom is 1.00 e. The van der Waals surface area contributed by atoms with Gasteiger partial charge in [-0.1, -0.05) is 6.10 Å². The number of rotatable bonds is 5. The molecule has 0 saturated heterocycles. The molecule has 0 aromatic carbocycles. The molecule has 0 spiro atoms. The molecule has 0 bridgehead atoms. The van der Waals surface area contributed by atoms with Gasteiger partial charge in [0.15, 0.2) is 0 Å². The fourth-order valence-corrected chi connectivity index (χ4v) is 0.613. The fraction of sp³-hybridized carbons (Fsp3) is 0.833. The van der Waals surface area contributed by atoms with Crippen molar-refractivity contribution in [2.45, 2.75) is 24.4 Å². The Hall–Kier alpha value is 1.09. The van der Waals surface area contributed by atoms with Crippen LogP contribution in [0.3, 0.4) is 0 Å². The maximum atomic E-state index is 10.6. The van der Waals surface area contributed by atoms with E-state index in [0.717, 1.165) is 0 Å². The molecule has 0 aromatic heterocycles. The minimum absolute atomic E-state index is 0. The first-order valence-electron chi connectivity index (χ1n) is 3.34. The number of hydrogen-bond donors (Lipinski definition) is 0. The molecule has 0 aliphatic heterocycles. The summed E-state index contributed by atoms with van der Waals surface area (Å²) < 4.78 is 0. The van der Waals surface area contributed by atoms with Crippen LogP contribution >= 0.6 is 0 Å². The Morgan fingerprint density at radius 1 is 1.07 bits per heavy atom. The van der Waals surface area contributed by atoms with Crippen molar-refractivity contribution in [2.75, 3.05) is 6.61 Å². The van der Waals surface area contributed by atoms with Crippen LogP contribution in [-0.4, -0.2) is 61.4 Å². The van der Waals surface area contributed by atoms with Crippen molar-refractivity contribution in [1.82, 2.24) is 0 Å². The van der Waals surface area contributed by atoms with Gasteiger partial charge in [0, 0.05) is 30.4 Å². The van der Waals surface area contributed by atoms with E-state index in [2.05, 4.69) is 0 Å². The van der Waals surface area contributed by atoms with Gasteiger partial charge < -0.3 is 35.4 Å². The van der Waals surface area contributed by atoms with E-state index in [0.29, 0.717) is 0 Å². The average Bonchev–Trinajstić information content (AvgIpc) is 2.12. The first kappa shape index (κ1) is 21.4. The first-order chi connectivity index (χ1) is 5.91. The van der Waals surface area contributed by atoms with Crippen molar-refractivity contribution in [3.05, 3.63) is 0 Å². The Bertz CT molecular complexity index is 181. The summed E-state index contributed by atoms with van der Waals surface area (Å²) in [7, 11) is 0. The van der Waals surface area contributed by atoms with Crippen LogP contribution in [0.1, 0.15) is 0 Å². The zero-order valence-electron chi connectivity index (χ0n) is 7.82. The molecule has 7 nitrogen and oxygen atoms in total. The Morgan fingerprint density at radius 2 is 1.47 bits per heavy atom. The van der Waals surface area contributed by atoms with Crippen LogP contribution in [0.25, 0.3) is 0 Å². The fourth-order valence-electron chi connectivity index (χ4n) is 0.613. The van der Waals surface area contributed by atoms with E-state index >= 15 is 0 Å². The molecule has 9 heteroatoms. The van der Waals surface area contributed by atoms with E-state index in [9.17, 15) is 35.4 Å². The third kappa shape index (κ3) is 7.09. The second-order valence-electron chi connectivity index (χ2n) is 2.37. The minimum atomic E-state index is -2.80. The van der Waals surface area contributed by atoms with Crippen molar-refractivity contribution >= 4 is 30.4 Å². The van der Waals surface area contributed by atoms with Crippen molar-refractivity contribution in [3.8, 4) is 0 Å². The summed E-state index contributed by atoms with van der Waals surface area (Å²) in [5, 5.41) is 61.6. The van der Waals surface area contributed by atoms with Gasteiger partial charge >= 0.3 is 29.6 Å². The van der Waals surface area contributed by atoms with Gasteiger partial charge in [0.2, 0.25) is 0 Å². The van der Waals surface area contributed by atoms with Gasteiger partial charge in [-0.05, 0) is 0 Å². The summed E-state index contributed by atoms with van der Waals surface area (Å²) in [6.45, 7) is -1.35. The Balaban J connectivity index is -0.000000720. The van der Waals surface area contributed by atoms with E-state index in [-0.39, 0.29) is 54.0 Å². The molecule has 15 heavy (non-hydrogen) atoms. The first-order valence-corrected chi connectivity index (χ1v) is 3.34. The van der Waals surface area contributed by atoms with Gasteiger partial charge in [-0.3, -0.25) is 0 Å². The zero-order valence-corrected chi connectivity index (χ0v) is 12.4. The van der Waals surface area contributed by atoms with Crippen LogP contribution in [0.4, 0.5) is 0 Å². The molecule has 0 aliphatic rings. The molecule has 0 saturated carbocycles. The number of carboxylic acid groups (broad SMARTS) is 1. The SMILES string of the molecule is O=C([O-])[C@@H]([O-])[C@H]([O-])[C@@H]([O-])[C@@H]([O-])C[O-].[Na+].[Sb]. The molecule has 0 N–H and O–H groups in total. The summed E-state index contributed by atoms with van der Waals surface area (Å²) in [6.07, 6.45) is -10.3. The summed E-state index contributed by atoms with van der Waals surface area (Å²) in [4.78, 5) is 9.81. The van der Waals surface area contributed by atoms with Crippen molar-refractivity contribution in [1.29, 1.82) is 0 Å². The van der Waals surface area contributed by atoms with Gasteiger partial charge in [-0.2, -0.15) is 18.8 Å². The normalized spacial score (nSPS) is 17.7. The molecule has 83 valence electrons. The predicted molar refractivity (Wildman–Crippen MR) is 30.8 cm³/mol. The number of carbonyl (C=O) groups is 1. The summed E-state index contributed by atoms with van der Waals surface area (Å²) >= 11 is 0. The average molecular weight is 335 g/mol. The largest absolute Gasteiger partial charge is 1.00 e. The molecule has 0 amide bonds. The van der Waals surface area contributed by atoms with Crippen LogP contribution in [-0.2, 0) is 4.79 Å². The molecule has 0 aromatic rings. The monoisotopic (exact) mass is 334 g/mol. The molecule has 0 aliphatic carbocycles. The van der Waals surface area contributed by atoms with E-state index < -0.39 is 37.0 Å². The van der Waals surface area contributed by atoms with Crippen LogP contribution in [0.2, 0.25) is 0 Å². The van der Waals surface area contributed by atoms with Gasteiger partial charge in [0.05, 0.1) is 0 Å². The van der Waals surface area contributed by atoms with Crippen LogP contribution in [0.15, 0.2) is 0 Å². The third-order valence-electron chi connectivity index (χ3n) is 1.39. The third-order valence-corrected chi connectivity index (χ3v) is 1.39. The second kappa shape index (κ2) is 10.3. The number of hydrogen-bond acceptors (Lipinski definition) is 7. The van der Waals surface area contributed by atoms with Gasteiger partial charge in [-0.25, -0.2) is 0 Å². The summed E-state index contributed by atoms with van der Waals surface area (Å²) in [5.41, 5.74) is 0. The predicted octanol–water partition coefficient (Wildman–Crippen LogP) is -11.4. The van der Waals surface area contributed by atoms with Crippen LogP contribution in [0.5, 0.6) is 0 Å². The topological polar surface area (TPSA) is 155 Å². The number of aliphatic carboxylic acids is 1. The zero-order chi connectivity index (χ0) is 10.6. The van der Waals surface area contributed by atoms with Crippen molar-refractivity contribution < 1.29 is 65.0 Å². The Labute approximate surface area is 125 Å². The smallest absolute Gasteiger partial charge is 0.855 e. The summed E-state index contributed by atoms with van der Waals surface area (Å²) in [5.74, 6) is -2.24. The molecule has 0 heterocycles. The molecule has 4 atom stereocenters. The standard InChI is InChI=1S/C6H7O7.Na.Sb/c7-1-2(8)3(9)4(10)5(11)6(12)13;;/h2-5H,1H2,(H,12,13);;/q-5;+1;/p-1/t2-,3-,4+,5-;;/m0../s1. The number of carboxylic acids is 1. The van der Waals surface area contributed by atoms with Crippen molar-refractivity contribution in [3.63, 3.8) is 0 Å². The molecule has 0 rings (SSSR count). The van der Waals surface area contributed by atoms with E-state index in [1.54, 1.807) is 0 Å². The molecule has 0 unspecified atom stereocenters. The van der Waals surface area contributed by atoms with E-state index in [1.807, 2.05) is 0 Å². The maximum absolute atomic E-state index is 10.6. The van der Waals surface area contributed by atoms with E-state index in [1.165, 1.54) is 0 Å². The van der Waals surface area contributed by atoms with Crippen LogP contribution < -0.4 is 60.2 Å². The van der Waals surface area contributed by atoms with Gasteiger partial charge in [-0.15, -0.1) is 6.10 Å². The number of carbonyl (C=O) groups excluding carboxylic acids is 1. The Morgan fingerprint density at radius 3 is 1.73 bits per heavy atom. The minimum Gasteiger partial charge on any atom is -0.855 e. The molecular formula is C6H6NaO7Sb-5. The molecular weight excluding hydrogens is 329 g/mol.